The number of ether oxygens (including phenoxy) is 1. The Hall–Kier alpha value is -3.72. The van der Waals surface area contributed by atoms with Crippen molar-refractivity contribution in [3.8, 4) is 11.8 Å². The summed E-state index contributed by atoms with van der Waals surface area (Å²) >= 11 is 0. The van der Waals surface area contributed by atoms with Gasteiger partial charge in [-0.05, 0) is 42.0 Å². The summed E-state index contributed by atoms with van der Waals surface area (Å²) in [6.45, 7) is 2.49. The SMILES string of the molecule is CC1CN(c2cccc(CC#N)c2)N=C(COc2ccc3ncccc3c2)C1=O. The van der Waals surface area contributed by atoms with Gasteiger partial charge in [0.1, 0.15) is 18.1 Å². The summed E-state index contributed by atoms with van der Waals surface area (Å²) in [6.07, 6.45) is 2.09. The number of anilines is 1. The number of benzene rings is 2. The number of Topliss-reactive ketones (excluding diaryl/α,β-unsaturated/α-hetero) is 1. The van der Waals surface area contributed by atoms with E-state index in [1.165, 1.54) is 0 Å². The smallest absolute Gasteiger partial charge is 0.187 e. The van der Waals surface area contributed by atoms with Gasteiger partial charge in [0.2, 0.25) is 0 Å². The topological polar surface area (TPSA) is 78.6 Å². The fraction of sp³-hybridized carbons (Fsp3) is 0.217. The minimum absolute atomic E-state index is 0.00288. The van der Waals surface area contributed by atoms with Crippen molar-refractivity contribution in [1.82, 2.24) is 4.98 Å². The lowest BCUT2D eigenvalue weighted by Crippen LogP contribution is -2.41. The molecule has 2 aromatic carbocycles. The van der Waals surface area contributed by atoms with Gasteiger partial charge in [0.25, 0.3) is 0 Å². The Morgan fingerprint density at radius 3 is 2.97 bits per heavy atom. The number of ketones is 1. The van der Waals surface area contributed by atoms with Gasteiger partial charge in [0.15, 0.2) is 5.78 Å². The fourth-order valence-electron chi connectivity index (χ4n) is 3.34. The molecule has 1 aliphatic rings. The highest BCUT2D eigenvalue weighted by Gasteiger charge is 2.28. The van der Waals surface area contributed by atoms with Gasteiger partial charge in [-0.2, -0.15) is 10.4 Å². The van der Waals surface area contributed by atoms with Crippen LogP contribution in [0.1, 0.15) is 12.5 Å². The third-order valence-electron chi connectivity index (χ3n) is 4.86. The molecule has 29 heavy (non-hydrogen) atoms. The molecular formula is C23H20N4O2. The minimum Gasteiger partial charge on any atom is -0.487 e. The van der Waals surface area contributed by atoms with E-state index in [2.05, 4.69) is 16.2 Å². The van der Waals surface area contributed by atoms with Crippen LogP contribution in [0.4, 0.5) is 5.69 Å². The summed E-state index contributed by atoms with van der Waals surface area (Å²) in [6, 6.07) is 19.3. The molecule has 4 rings (SSSR count). The molecule has 0 spiro atoms. The molecule has 0 bridgehead atoms. The molecule has 0 fully saturated rings. The van der Waals surface area contributed by atoms with Crippen molar-refractivity contribution in [2.24, 2.45) is 11.0 Å². The molecule has 6 nitrogen and oxygen atoms in total. The summed E-state index contributed by atoms with van der Waals surface area (Å²) in [4.78, 5) is 16.9. The first-order valence-corrected chi connectivity index (χ1v) is 9.47. The number of nitriles is 1. The predicted molar refractivity (Wildman–Crippen MR) is 112 cm³/mol. The second-order valence-corrected chi connectivity index (χ2v) is 7.05. The zero-order chi connectivity index (χ0) is 20.2. The van der Waals surface area contributed by atoms with E-state index in [4.69, 9.17) is 10.00 Å². The molecule has 3 aromatic rings. The molecule has 1 atom stereocenters. The monoisotopic (exact) mass is 384 g/mol. The lowest BCUT2D eigenvalue weighted by molar-refractivity contribution is -0.116. The van der Waals surface area contributed by atoms with Crippen molar-refractivity contribution in [3.63, 3.8) is 0 Å². The van der Waals surface area contributed by atoms with E-state index in [1.807, 2.05) is 66.5 Å². The van der Waals surface area contributed by atoms with E-state index in [1.54, 1.807) is 6.20 Å². The van der Waals surface area contributed by atoms with Crippen LogP contribution >= 0.6 is 0 Å². The molecule has 1 unspecified atom stereocenters. The molecule has 144 valence electrons. The van der Waals surface area contributed by atoms with Crippen molar-refractivity contribution < 1.29 is 9.53 Å². The van der Waals surface area contributed by atoms with Crippen molar-refractivity contribution in [1.29, 1.82) is 5.26 Å². The number of rotatable bonds is 5. The zero-order valence-corrected chi connectivity index (χ0v) is 16.1. The zero-order valence-electron chi connectivity index (χ0n) is 16.1. The molecule has 0 saturated carbocycles. The lowest BCUT2D eigenvalue weighted by atomic mass is 10.0. The first-order chi connectivity index (χ1) is 14.1. The number of pyridine rings is 1. The van der Waals surface area contributed by atoms with Crippen molar-refractivity contribution in [2.45, 2.75) is 13.3 Å². The summed E-state index contributed by atoms with van der Waals surface area (Å²) in [5.74, 6) is 0.477. The third kappa shape index (κ3) is 4.09. The second-order valence-electron chi connectivity index (χ2n) is 7.05. The Balaban J connectivity index is 1.55. The van der Waals surface area contributed by atoms with Crippen molar-refractivity contribution in [3.05, 3.63) is 66.4 Å². The Morgan fingerprint density at radius 1 is 1.21 bits per heavy atom. The van der Waals surface area contributed by atoms with Crippen molar-refractivity contribution >= 4 is 28.1 Å². The summed E-state index contributed by atoms with van der Waals surface area (Å²) in [5, 5.41) is 16.3. The summed E-state index contributed by atoms with van der Waals surface area (Å²) in [7, 11) is 0. The Labute approximate surface area is 169 Å². The normalized spacial score (nSPS) is 16.4. The average molecular weight is 384 g/mol. The average Bonchev–Trinajstić information content (AvgIpc) is 2.75. The van der Waals surface area contributed by atoms with Crippen LogP contribution in [0.3, 0.4) is 0 Å². The predicted octanol–water partition coefficient (Wildman–Crippen LogP) is 3.76. The standard InChI is InChI=1S/C23H20N4O2/c1-16-14-27(19-6-2-4-17(12-19)9-10-24)26-22(23(16)28)15-29-20-7-8-21-18(13-20)5-3-11-25-21/h2-8,11-13,16H,9,14-15H2,1H3. The molecule has 1 aromatic heterocycles. The number of hydrogen-bond donors (Lipinski definition) is 0. The third-order valence-corrected chi connectivity index (χ3v) is 4.86. The van der Waals surface area contributed by atoms with Gasteiger partial charge in [0, 0.05) is 17.5 Å². The van der Waals surface area contributed by atoms with Gasteiger partial charge in [0.05, 0.1) is 30.2 Å². The number of hydrogen-bond acceptors (Lipinski definition) is 6. The van der Waals surface area contributed by atoms with Gasteiger partial charge in [-0.15, -0.1) is 0 Å². The van der Waals surface area contributed by atoms with Gasteiger partial charge >= 0.3 is 0 Å². The van der Waals surface area contributed by atoms with E-state index in [-0.39, 0.29) is 18.3 Å². The van der Waals surface area contributed by atoms with Crippen LogP contribution in [0.15, 0.2) is 65.9 Å². The lowest BCUT2D eigenvalue weighted by Gasteiger charge is -2.28. The molecule has 6 heteroatoms. The molecule has 0 N–H and O–H groups in total. The highest BCUT2D eigenvalue weighted by Crippen LogP contribution is 2.23. The second kappa shape index (κ2) is 8.11. The van der Waals surface area contributed by atoms with Crippen LogP contribution in [0, 0.1) is 17.2 Å². The summed E-state index contributed by atoms with van der Waals surface area (Å²) in [5.41, 5.74) is 3.07. The van der Waals surface area contributed by atoms with Crippen LogP contribution in [-0.4, -0.2) is 29.6 Å². The molecule has 1 aliphatic heterocycles. The maximum atomic E-state index is 12.6. The van der Waals surface area contributed by atoms with Gasteiger partial charge < -0.3 is 4.74 Å². The van der Waals surface area contributed by atoms with Crippen LogP contribution < -0.4 is 9.75 Å². The molecule has 2 heterocycles. The van der Waals surface area contributed by atoms with Crippen LogP contribution in [-0.2, 0) is 11.2 Å². The number of nitrogens with zero attached hydrogens (tertiary/aromatic N) is 4. The first-order valence-electron chi connectivity index (χ1n) is 9.47. The number of fused-ring (bicyclic) bond motifs is 1. The van der Waals surface area contributed by atoms with E-state index in [9.17, 15) is 4.79 Å². The minimum atomic E-state index is -0.188. The van der Waals surface area contributed by atoms with E-state index >= 15 is 0 Å². The molecule has 0 aliphatic carbocycles. The Kier molecular flexibility index (Phi) is 5.21. The highest BCUT2D eigenvalue weighted by molar-refractivity contribution is 6.41. The van der Waals surface area contributed by atoms with Crippen molar-refractivity contribution in [2.75, 3.05) is 18.2 Å². The van der Waals surface area contributed by atoms with Crippen LogP contribution in [0.5, 0.6) is 5.75 Å². The highest BCUT2D eigenvalue weighted by atomic mass is 16.5. The maximum absolute atomic E-state index is 12.6. The molecule has 0 radical (unpaired) electrons. The van der Waals surface area contributed by atoms with Gasteiger partial charge in [-0.3, -0.25) is 14.8 Å². The van der Waals surface area contributed by atoms with Crippen LogP contribution in [0.2, 0.25) is 0 Å². The number of hydrazone groups is 1. The quantitative estimate of drug-likeness (QED) is 0.669. The largest absolute Gasteiger partial charge is 0.487 e. The Morgan fingerprint density at radius 2 is 2.10 bits per heavy atom. The van der Waals surface area contributed by atoms with E-state index in [0.717, 1.165) is 22.2 Å². The Bertz CT molecular complexity index is 1130. The number of carbonyl (C=O) groups excluding carboxylic acids is 1. The molecular weight excluding hydrogens is 364 g/mol. The first kappa shape index (κ1) is 18.6. The molecule has 0 saturated heterocycles. The number of carbonyl (C=O) groups is 1. The van der Waals surface area contributed by atoms with Crippen LogP contribution in [0.25, 0.3) is 10.9 Å². The van der Waals surface area contributed by atoms with E-state index in [0.29, 0.717) is 24.4 Å². The molecule has 0 amide bonds. The maximum Gasteiger partial charge on any atom is 0.187 e. The van der Waals surface area contributed by atoms with Gasteiger partial charge in [-0.1, -0.05) is 25.1 Å². The fourth-order valence-corrected chi connectivity index (χ4v) is 3.34. The summed E-state index contributed by atoms with van der Waals surface area (Å²) < 4.78 is 5.87. The van der Waals surface area contributed by atoms with Gasteiger partial charge in [-0.25, -0.2) is 0 Å². The van der Waals surface area contributed by atoms with E-state index < -0.39 is 0 Å². The number of aromatic nitrogens is 1.